The lowest BCUT2D eigenvalue weighted by atomic mass is 10.2. The highest BCUT2D eigenvalue weighted by atomic mass is 32.1. The van der Waals surface area contributed by atoms with Gasteiger partial charge < -0.3 is 5.32 Å². The number of nitrogens with one attached hydrogen (secondary N) is 1. The van der Waals surface area contributed by atoms with Crippen molar-refractivity contribution in [3.63, 3.8) is 0 Å². The summed E-state index contributed by atoms with van der Waals surface area (Å²) in [4.78, 5) is 16.8. The SMILES string of the molecule is Cc1ccc2nc(-c3ccc(NC(=O)Cn4nncc4C)cc3)sc2c1. The van der Waals surface area contributed by atoms with E-state index in [2.05, 4.69) is 39.7 Å². The van der Waals surface area contributed by atoms with Gasteiger partial charge in [-0.2, -0.15) is 0 Å². The number of aromatic nitrogens is 4. The lowest BCUT2D eigenvalue weighted by Gasteiger charge is -2.06. The summed E-state index contributed by atoms with van der Waals surface area (Å²) in [5.74, 6) is -0.137. The van der Waals surface area contributed by atoms with Crippen LogP contribution in [0.25, 0.3) is 20.8 Å². The second kappa shape index (κ2) is 6.68. The molecular weight excluding hydrogens is 346 g/mol. The predicted molar refractivity (Wildman–Crippen MR) is 103 cm³/mol. The van der Waals surface area contributed by atoms with Crippen LogP contribution in [0, 0.1) is 13.8 Å². The third-order valence-electron chi connectivity index (χ3n) is 4.06. The highest BCUT2D eigenvalue weighted by Gasteiger charge is 2.09. The summed E-state index contributed by atoms with van der Waals surface area (Å²) >= 11 is 1.67. The Morgan fingerprint density at radius 3 is 2.69 bits per heavy atom. The number of amides is 1. The maximum atomic E-state index is 12.1. The molecule has 26 heavy (non-hydrogen) atoms. The number of fused-ring (bicyclic) bond motifs is 1. The topological polar surface area (TPSA) is 72.7 Å². The standard InChI is InChI=1S/C19H17N5OS/c1-12-3-8-16-17(9-12)26-19(22-16)14-4-6-15(7-5-14)21-18(25)11-24-13(2)10-20-23-24/h3-10H,11H2,1-2H3,(H,21,25). The van der Waals surface area contributed by atoms with E-state index in [1.165, 1.54) is 10.3 Å². The van der Waals surface area contributed by atoms with Gasteiger partial charge in [-0.3, -0.25) is 4.79 Å². The van der Waals surface area contributed by atoms with E-state index in [0.717, 1.165) is 27.5 Å². The zero-order valence-electron chi connectivity index (χ0n) is 14.4. The Morgan fingerprint density at radius 1 is 1.15 bits per heavy atom. The van der Waals surface area contributed by atoms with Crippen LogP contribution in [-0.2, 0) is 11.3 Å². The molecule has 0 saturated carbocycles. The molecule has 130 valence electrons. The van der Waals surface area contributed by atoms with Gasteiger partial charge in [-0.25, -0.2) is 9.67 Å². The summed E-state index contributed by atoms with van der Waals surface area (Å²) in [6.45, 7) is 4.09. The van der Waals surface area contributed by atoms with Crippen LogP contribution >= 0.6 is 11.3 Å². The Balaban J connectivity index is 1.49. The molecule has 1 N–H and O–H groups in total. The van der Waals surface area contributed by atoms with Gasteiger partial charge in [0.1, 0.15) is 11.6 Å². The summed E-state index contributed by atoms with van der Waals surface area (Å²) in [6, 6.07) is 14.0. The molecule has 2 heterocycles. The minimum Gasteiger partial charge on any atom is -0.324 e. The molecule has 0 spiro atoms. The Hall–Kier alpha value is -3.06. The van der Waals surface area contributed by atoms with Crippen molar-refractivity contribution >= 4 is 33.1 Å². The fraction of sp³-hybridized carbons (Fsp3) is 0.158. The van der Waals surface area contributed by atoms with Crippen molar-refractivity contribution in [2.24, 2.45) is 0 Å². The van der Waals surface area contributed by atoms with Crippen molar-refractivity contribution in [2.75, 3.05) is 5.32 Å². The molecule has 0 bridgehead atoms. The number of anilines is 1. The highest BCUT2D eigenvalue weighted by molar-refractivity contribution is 7.21. The summed E-state index contributed by atoms with van der Waals surface area (Å²) < 4.78 is 2.74. The molecule has 0 fully saturated rings. The summed E-state index contributed by atoms with van der Waals surface area (Å²) in [7, 11) is 0. The maximum Gasteiger partial charge on any atom is 0.246 e. The monoisotopic (exact) mass is 363 g/mol. The van der Waals surface area contributed by atoms with Crippen LogP contribution in [0.5, 0.6) is 0 Å². The lowest BCUT2D eigenvalue weighted by Crippen LogP contribution is -2.20. The largest absolute Gasteiger partial charge is 0.324 e. The molecule has 0 aliphatic carbocycles. The summed E-state index contributed by atoms with van der Waals surface area (Å²) in [5.41, 5.74) is 4.87. The second-order valence-corrected chi connectivity index (χ2v) is 7.18. The number of hydrogen-bond acceptors (Lipinski definition) is 5. The van der Waals surface area contributed by atoms with Crippen molar-refractivity contribution in [3.05, 3.63) is 59.9 Å². The van der Waals surface area contributed by atoms with Crippen molar-refractivity contribution in [1.82, 2.24) is 20.0 Å². The molecule has 0 saturated heterocycles. The van der Waals surface area contributed by atoms with E-state index in [0.29, 0.717) is 0 Å². The van der Waals surface area contributed by atoms with Crippen molar-refractivity contribution in [2.45, 2.75) is 20.4 Å². The van der Waals surface area contributed by atoms with E-state index in [-0.39, 0.29) is 12.5 Å². The fourth-order valence-corrected chi connectivity index (χ4v) is 3.72. The van der Waals surface area contributed by atoms with E-state index >= 15 is 0 Å². The maximum absolute atomic E-state index is 12.1. The zero-order valence-corrected chi connectivity index (χ0v) is 15.2. The van der Waals surface area contributed by atoms with Gasteiger partial charge in [-0.05, 0) is 55.8 Å². The number of carbonyl (C=O) groups excluding carboxylic acids is 1. The van der Waals surface area contributed by atoms with Crippen molar-refractivity contribution in [3.8, 4) is 10.6 Å². The quantitative estimate of drug-likeness (QED) is 0.598. The summed E-state index contributed by atoms with van der Waals surface area (Å²) in [6.07, 6.45) is 1.63. The first kappa shape index (κ1) is 16.4. The van der Waals surface area contributed by atoms with Crippen LogP contribution in [0.2, 0.25) is 0 Å². The Bertz CT molecular complexity index is 1080. The first-order chi connectivity index (χ1) is 12.6. The molecule has 0 radical (unpaired) electrons. The Labute approximate surface area is 154 Å². The molecule has 0 atom stereocenters. The third-order valence-corrected chi connectivity index (χ3v) is 5.13. The molecule has 4 rings (SSSR count). The predicted octanol–water partition coefficient (Wildman–Crippen LogP) is 3.81. The van der Waals surface area contributed by atoms with E-state index in [4.69, 9.17) is 0 Å². The van der Waals surface area contributed by atoms with E-state index in [1.54, 1.807) is 22.2 Å². The minimum absolute atomic E-state index is 0.137. The number of hydrogen-bond donors (Lipinski definition) is 1. The number of aryl methyl sites for hydroxylation is 2. The molecular formula is C19H17N5OS. The Kier molecular flexibility index (Phi) is 4.22. The first-order valence-electron chi connectivity index (χ1n) is 8.21. The smallest absolute Gasteiger partial charge is 0.246 e. The van der Waals surface area contributed by atoms with E-state index < -0.39 is 0 Å². The second-order valence-electron chi connectivity index (χ2n) is 6.15. The van der Waals surface area contributed by atoms with Gasteiger partial charge in [-0.15, -0.1) is 16.4 Å². The number of rotatable bonds is 4. The molecule has 7 heteroatoms. The molecule has 6 nitrogen and oxygen atoms in total. The van der Waals surface area contributed by atoms with Crippen LogP contribution in [0.3, 0.4) is 0 Å². The van der Waals surface area contributed by atoms with Crippen LogP contribution in [-0.4, -0.2) is 25.9 Å². The van der Waals surface area contributed by atoms with Gasteiger partial charge in [0, 0.05) is 11.3 Å². The molecule has 0 unspecified atom stereocenters. The lowest BCUT2D eigenvalue weighted by molar-refractivity contribution is -0.117. The van der Waals surface area contributed by atoms with Crippen LogP contribution < -0.4 is 5.32 Å². The van der Waals surface area contributed by atoms with Crippen LogP contribution in [0.1, 0.15) is 11.3 Å². The average Bonchev–Trinajstić information content (AvgIpc) is 3.21. The van der Waals surface area contributed by atoms with Gasteiger partial charge >= 0.3 is 0 Å². The van der Waals surface area contributed by atoms with Gasteiger partial charge in [0.25, 0.3) is 0 Å². The molecule has 4 aromatic rings. The van der Waals surface area contributed by atoms with E-state index in [9.17, 15) is 4.79 Å². The number of thiazole rings is 1. The number of carbonyl (C=O) groups is 1. The molecule has 2 aromatic carbocycles. The van der Waals surface area contributed by atoms with Crippen molar-refractivity contribution < 1.29 is 4.79 Å². The van der Waals surface area contributed by atoms with Gasteiger partial charge in [0.05, 0.1) is 22.1 Å². The van der Waals surface area contributed by atoms with Crippen LogP contribution in [0.15, 0.2) is 48.7 Å². The average molecular weight is 363 g/mol. The Morgan fingerprint density at radius 2 is 1.96 bits per heavy atom. The summed E-state index contributed by atoms with van der Waals surface area (Å²) in [5, 5.41) is 11.5. The molecule has 2 aromatic heterocycles. The van der Waals surface area contributed by atoms with Gasteiger partial charge in [0.2, 0.25) is 5.91 Å². The number of benzene rings is 2. The molecule has 0 aliphatic heterocycles. The fourth-order valence-electron chi connectivity index (χ4n) is 2.65. The van der Waals surface area contributed by atoms with Gasteiger partial charge in [0.15, 0.2) is 0 Å². The first-order valence-corrected chi connectivity index (χ1v) is 9.03. The normalized spacial score (nSPS) is 11.0. The van der Waals surface area contributed by atoms with Gasteiger partial charge in [-0.1, -0.05) is 11.3 Å². The number of nitrogens with zero attached hydrogens (tertiary/aromatic N) is 4. The van der Waals surface area contributed by atoms with E-state index in [1.807, 2.05) is 37.3 Å². The molecule has 0 aliphatic rings. The minimum atomic E-state index is -0.137. The van der Waals surface area contributed by atoms with Crippen LogP contribution in [0.4, 0.5) is 5.69 Å². The van der Waals surface area contributed by atoms with Crippen molar-refractivity contribution in [1.29, 1.82) is 0 Å². The highest BCUT2D eigenvalue weighted by Crippen LogP contribution is 2.31. The zero-order chi connectivity index (χ0) is 18.1. The third kappa shape index (κ3) is 3.34. The molecule has 1 amide bonds.